The zero-order valence-electron chi connectivity index (χ0n) is 18.7. The van der Waals surface area contributed by atoms with Crippen molar-refractivity contribution in [1.82, 2.24) is 10.3 Å². The van der Waals surface area contributed by atoms with Crippen molar-refractivity contribution in [2.24, 2.45) is 5.41 Å². The number of aryl methyl sites for hydroxylation is 1. The molecule has 0 aliphatic carbocycles. The third-order valence-electron chi connectivity index (χ3n) is 5.89. The van der Waals surface area contributed by atoms with Crippen LogP contribution in [-0.2, 0) is 22.4 Å². The molecule has 1 N–H and O–H groups in total. The van der Waals surface area contributed by atoms with Gasteiger partial charge >= 0.3 is 6.03 Å². The molecule has 1 aliphatic rings. The Kier molecular flexibility index (Phi) is 6.67. The van der Waals surface area contributed by atoms with Crippen molar-refractivity contribution in [3.8, 4) is 5.75 Å². The molecule has 0 spiro atoms. The number of carbonyl (C=O) groups is 3. The van der Waals surface area contributed by atoms with Crippen LogP contribution in [0.2, 0.25) is 0 Å². The van der Waals surface area contributed by atoms with E-state index in [2.05, 4.69) is 10.3 Å². The van der Waals surface area contributed by atoms with Gasteiger partial charge in [0.15, 0.2) is 0 Å². The summed E-state index contributed by atoms with van der Waals surface area (Å²) in [6.07, 6.45) is 3.80. The minimum absolute atomic E-state index is 0.0351. The van der Waals surface area contributed by atoms with Crippen molar-refractivity contribution in [2.45, 2.75) is 26.2 Å². The minimum Gasteiger partial charge on any atom is -0.494 e. The van der Waals surface area contributed by atoms with Gasteiger partial charge in [-0.3, -0.25) is 19.9 Å². The molecule has 2 heterocycles. The fraction of sp³-hybridized carbons (Fsp3) is 0.231. The fourth-order valence-electron chi connectivity index (χ4n) is 4.12. The van der Waals surface area contributed by atoms with Crippen LogP contribution in [0.1, 0.15) is 24.5 Å². The third-order valence-corrected chi connectivity index (χ3v) is 5.89. The number of hydrogen-bond acceptors (Lipinski definition) is 5. The van der Waals surface area contributed by atoms with E-state index in [-0.39, 0.29) is 18.5 Å². The Morgan fingerprint density at radius 2 is 1.68 bits per heavy atom. The summed E-state index contributed by atoms with van der Waals surface area (Å²) in [4.78, 5) is 44.6. The number of nitrogens with zero attached hydrogens (tertiary/aromatic N) is 2. The number of benzene rings is 2. The van der Waals surface area contributed by atoms with Crippen LogP contribution in [0.15, 0.2) is 73.1 Å². The monoisotopic (exact) mass is 461 g/mol. The first-order valence-electron chi connectivity index (χ1n) is 11.0. The second-order valence-electron chi connectivity index (χ2n) is 8.04. The summed E-state index contributed by atoms with van der Waals surface area (Å²) in [6.45, 7) is 2.39. The summed E-state index contributed by atoms with van der Waals surface area (Å²) in [5.41, 5.74) is -0.218. The van der Waals surface area contributed by atoms with Crippen LogP contribution in [0, 0.1) is 11.2 Å². The zero-order chi connectivity index (χ0) is 24.1. The molecule has 3 aromatic rings. The second-order valence-corrected chi connectivity index (χ2v) is 8.04. The number of imide groups is 2. The molecule has 174 valence electrons. The first-order chi connectivity index (χ1) is 16.4. The highest BCUT2D eigenvalue weighted by atomic mass is 19.1. The van der Waals surface area contributed by atoms with Crippen LogP contribution in [0.5, 0.6) is 5.75 Å². The standard InChI is InChI=1S/C26H24FN3O4/c1-2-34-20-9-7-19(8-10-20)17-26(14-11-18-12-15-28-16-13-18)23(31)29-25(33)30(24(26)32)22-6-4-3-5-21(22)27/h3-10,12-13,15-16H,2,11,14,17H2,1H3,(H,29,31,33)/t26-/m1/s1. The van der Waals surface area contributed by atoms with Crippen molar-refractivity contribution in [3.05, 3.63) is 90.0 Å². The van der Waals surface area contributed by atoms with E-state index in [4.69, 9.17) is 4.74 Å². The largest absolute Gasteiger partial charge is 0.494 e. The van der Waals surface area contributed by atoms with Crippen LogP contribution in [0.3, 0.4) is 0 Å². The smallest absolute Gasteiger partial charge is 0.335 e. The van der Waals surface area contributed by atoms with E-state index in [1.165, 1.54) is 18.2 Å². The number of carbonyl (C=O) groups excluding carboxylic acids is 3. The summed E-state index contributed by atoms with van der Waals surface area (Å²) in [7, 11) is 0. The Balaban J connectivity index is 1.74. The molecule has 34 heavy (non-hydrogen) atoms. The number of nitrogens with one attached hydrogen (secondary N) is 1. The maximum absolute atomic E-state index is 14.6. The number of amides is 4. The Morgan fingerprint density at radius 3 is 2.35 bits per heavy atom. The van der Waals surface area contributed by atoms with E-state index < -0.39 is 29.1 Å². The lowest BCUT2D eigenvalue weighted by Crippen LogP contribution is -2.65. The molecule has 4 amide bonds. The van der Waals surface area contributed by atoms with Gasteiger partial charge in [-0.2, -0.15) is 0 Å². The maximum Gasteiger partial charge on any atom is 0.335 e. The van der Waals surface area contributed by atoms with E-state index in [1.807, 2.05) is 6.92 Å². The lowest BCUT2D eigenvalue weighted by molar-refractivity contribution is -0.143. The van der Waals surface area contributed by atoms with Crippen LogP contribution >= 0.6 is 0 Å². The molecule has 0 radical (unpaired) electrons. The first kappa shape index (κ1) is 23.1. The number of ether oxygens (including phenoxy) is 1. The van der Waals surface area contributed by atoms with Gasteiger partial charge in [0.1, 0.15) is 17.0 Å². The topological polar surface area (TPSA) is 88.6 Å². The average Bonchev–Trinajstić information content (AvgIpc) is 2.84. The quantitative estimate of drug-likeness (QED) is 0.511. The lowest BCUT2D eigenvalue weighted by Gasteiger charge is -2.39. The summed E-state index contributed by atoms with van der Waals surface area (Å²) < 4.78 is 20.1. The van der Waals surface area contributed by atoms with Crippen molar-refractivity contribution < 1.29 is 23.5 Å². The zero-order valence-corrected chi connectivity index (χ0v) is 18.7. The Labute approximate surface area is 196 Å². The number of anilines is 1. The molecule has 0 saturated carbocycles. The third kappa shape index (κ3) is 4.52. The van der Waals surface area contributed by atoms with Crippen LogP contribution < -0.4 is 15.0 Å². The highest BCUT2D eigenvalue weighted by Gasteiger charge is 2.54. The van der Waals surface area contributed by atoms with Gasteiger partial charge in [0.2, 0.25) is 5.91 Å². The normalized spacial score (nSPS) is 18.1. The van der Waals surface area contributed by atoms with Gasteiger partial charge < -0.3 is 4.74 Å². The number of halogens is 1. The van der Waals surface area contributed by atoms with E-state index in [9.17, 15) is 18.8 Å². The van der Waals surface area contributed by atoms with Crippen molar-refractivity contribution >= 4 is 23.5 Å². The fourth-order valence-corrected chi connectivity index (χ4v) is 4.12. The molecule has 1 aliphatic heterocycles. The summed E-state index contributed by atoms with van der Waals surface area (Å²) in [5.74, 6) is -1.52. The number of rotatable bonds is 8. The predicted octanol–water partition coefficient (Wildman–Crippen LogP) is 4.06. The van der Waals surface area contributed by atoms with E-state index in [0.717, 1.165) is 16.5 Å². The Bertz CT molecular complexity index is 1200. The maximum atomic E-state index is 14.6. The van der Waals surface area contributed by atoms with Crippen LogP contribution in [0.4, 0.5) is 14.9 Å². The molecule has 0 bridgehead atoms. The van der Waals surface area contributed by atoms with Gasteiger partial charge in [-0.25, -0.2) is 14.1 Å². The van der Waals surface area contributed by atoms with Gasteiger partial charge in [-0.15, -0.1) is 0 Å². The number of aromatic nitrogens is 1. The molecular formula is C26H24FN3O4. The van der Waals surface area contributed by atoms with Crippen LogP contribution in [-0.4, -0.2) is 29.4 Å². The average molecular weight is 461 g/mol. The molecular weight excluding hydrogens is 437 g/mol. The number of pyridine rings is 1. The molecule has 2 aromatic carbocycles. The molecule has 0 unspecified atom stereocenters. The van der Waals surface area contributed by atoms with Gasteiger partial charge in [-0.1, -0.05) is 24.3 Å². The number of para-hydroxylation sites is 1. The number of hydrogen-bond donors (Lipinski definition) is 1. The number of urea groups is 1. The van der Waals surface area contributed by atoms with Gasteiger partial charge in [0.25, 0.3) is 5.91 Å². The molecule has 1 atom stereocenters. The summed E-state index contributed by atoms with van der Waals surface area (Å²) in [5, 5.41) is 2.29. The van der Waals surface area contributed by atoms with Crippen molar-refractivity contribution in [2.75, 3.05) is 11.5 Å². The predicted molar refractivity (Wildman–Crippen MR) is 124 cm³/mol. The Hall–Kier alpha value is -4.07. The molecule has 1 saturated heterocycles. The summed E-state index contributed by atoms with van der Waals surface area (Å²) in [6, 6.07) is 15.2. The van der Waals surface area contributed by atoms with Gasteiger partial charge in [-0.05, 0) is 73.7 Å². The van der Waals surface area contributed by atoms with E-state index in [0.29, 0.717) is 24.3 Å². The SMILES string of the molecule is CCOc1ccc(C[C@]2(CCc3ccncc3)C(=O)NC(=O)N(c3ccccc3F)C2=O)cc1. The molecule has 8 heteroatoms. The van der Waals surface area contributed by atoms with Crippen molar-refractivity contribution in [3.63, 3.8) is 0 Å². The first-order valence-corrected chi connectivity index (χ1v) is 11.0. The molecule has 1 aromatic heterocycles. The molecule has 7 nitrogen and oxygen atoms in total. The van der Waals surface area contributed by atoms with E-state index >= 15 is 0 Å². The van der Waals surface area contributed by atoms with Crippen LogP contribution in [0.25, 0.3) is 0 Å². The lowest BCUT2D eigenvalue weighted by atomic mass is 9.73. The minimum atomic E-state index is -1.62. The summed E-state index contributed by atoms with van der Waals surface area (Å²) >= 11 is 0. The second kappa shape index (κ2) is 9.82. The highest BCUT2D eigenvalue weighted by molar-refractivity contribution is 6.30. The van der Waals surface area contributed by atoms with Gasteiger partial charge in [0, 0.05) is 12.4 Å². The van der Waals surface area contributed by atoms with Crippen molar-refractivity contribution in [1.29, 1.82) is 0 Å². The van der Waals surface area contributed by atoms with E-state index in [1.54, 1.807) is 48.8 Å². The highest BCUT2D eigenvalue weighted by Crippen LogP contribution is 2.37. The van der Waals surface area contributed by atoms with Gasteiger partial charge in [0.05, 0.1) is 12.3 Å². The Morgan fingerprint density at radius 1 is 0.971 bits per heavy atom. The molecule has 1 fully saturated rings. The molecule has 4 rings (SSSR count). The number of barbiturate groups is 1.